The number of nitrogens with zero attached hydrogens (tertiary/aromatic N) is 1. The van der Waals surface area contributed by atoms with Gasteiger partial charge >= 0.3 is 0 Å². The summed E-state index contributed by atoms with van der Waals surface area (Å²) in [5.74, 6) is 0.101. The van der Waals surface area contributed by atoms with Gasteiger partial charge in [-0.05, 0) is 26.7 Å². The number of unbranched alkanes of at least 4 members (excludes halogenated alkanes) is 2. The van der Waals surface area contributed by atoms with Crippen molar-refractivity contribution in [3.63, 3.8) is 0 Å². The van der Waals surface area contributed by atoms with Crippen LogP contribution < -0.4 is 5.73 Å². The lowest BCUT2D eigenvalue weighted by atomic mass is 10.1. The average molecular weight is 214 g/mol. The zero-order valence-corrected chi connectivity index (χ0v) is 10.6. The fourth-order valence-corrected chi connectivity index (χ4v) is 1.54. The third kappa shape index (κ3) is 5.17. The number of hydrogen-bond acceptors (Lipinski definition) is 2. The summed E-state index contributed by atoms with van der Waals surface area (Å²) in [6.07, 6.45) is 4.16. The van der Waals surface area contributed by atoms with Crippen molar-refractivity contribution in [1.29, 1.82) is 0 Å². The topological polar surface area (TPSA) is 46.3 Å². The van der Waals surface area contributed by atoms with Gasteiger partial charge in [0, 0.05) is 12.6 Å². The Balaban J connectivity index is 4.19. The molecule has 2 N–H and O–H groups in total. The lowest BCUT2D eigenvalue weighted by molar-refractivity contribution is -0.134. The minimum absolute atomic E-state index is 0.101. The molecule has 3 heteroatoms. The largest absolute Gasteiger partial charge is 0.339 e. The quantitative estimate of drug-likeness (QED) is 0.660. The van der Waals surface area contributed by atoms with E-state index in [0.717, 1.165) is 19.4 Å². The first-order valence-electron chi connectivity index (χ1n) is 6.10. The Bertz CT molecular complexity index is 180. The Morgan fingerprint density at radius 3 is 2.27 bits per heavy atom. The maximum atomic E-state index is 11.9. The minimum Gasteiger partial charge on any atom is -0.339 e. The van der Waals surface area contributed by atoms with Gasteiger partial charge in [-0.3, -0.25) is 4.79 Å². The predicted molar refractivity (Wildman–Crippen MR) is 64.6 cm³/mol. The lowest BCUT2D eigenvalue weighted by Crippen LogP contribution is -2.47. The smallest absolute Gasteiger partial charge is 0.239 e. The first-order chi connectivity index (χ1) is 7.04. The Labute approximate surface area is 94.0 Å². The van der Waals surface area contributed by atoms with Gasteiger partial charge in [0.2, 0.25) is 5.91 Å². The van der Waals surface area contributed by atoms with Gasteiger partial charge in [0.1, 0.15) is 0 Å². The van der Waals surface area contributed by atoms with E-state index in [2.05, 4.69) is 6.92 Å². The van der Waals surface area contributed by atoms with Crippen molar-refractivity contribution in [1.82, 2.24) is 4.90 Å². The molecule has 0 bridgehead atoms. The first kappa shape index (κ1) is 14.4. The van der Waals surface area contributed by atoms with Crippen molar-refractivity contribution >= 4 is 5.91 Å². The molecule has 1 amide bonds. The molecule has 0 saturated carbocycles. The summed E-state index contributed by atoms with van der Waals surface area (Å²) >= 11 is 0. The Hall–Kier alpha value is -0.570. The molecule has 0 heterocycles. The molecular formula is C12H26N2O. The molecule has 1 unspecified atom stereocenters. The number of carbonyl (C=O) groups excluding carboxylic acids is 1. The molecule has 0 aromatic heterocycles. The molecule has 0 fully saturated rings. The predicted octanol–water partition coefficient (Wildman–Crippen LogP) is 2.15. The molecule has 1 atom stereocenters. The normalized spacial score (nSPS) is 12.9. The second-order valence-electron chi connectivity index (χ2n) is 4.35. The zero-order valence-electron chi connectivity index (χ0n) is 10.6. The van der Waals surface area contributed by atoms with Crippen LogP contribution in [0.4, 0.5) is 0 Å². The van der Waals surface area contributed by atoms with Crippen molar-refractivity contribution in [3.05, 3.63) is 0 Å². The first-order valence-corrected chi connectivity index (χ1v) is 6.10. The van der Waals surface area contributed by atoms with Gasteiger partial charge in [-0.15, -0.1) is 0 Å². The van der Waals surface area contributed by atoms with Gasteiger partial charge in [0.25, 0.3) is 0 Å². The molecule has 0 radical (unpaired) electrons. The molecule has 0 rings (SSSR count). The van der Waals surface area contributed by atoms with Gasteiger partial charge < -0.3 is 10.6 Å². The number of amides is 1. The van der Waals surface area contributed by atoms with E-state index in [1.54, 1.807) is 0 Å². The van der Waals surface area contributed by atoms with Gasteiger partial charge in [-0.2, -0.15) is 0 Å². The molecule has 0 aromatic carbocycles. The molecule has 90 valence electrons. The molecule has 0 aliphatic heterocycles. The van der Waals surface area contributed by atoms with Crippen LogP contribution in [0, 0.1) is 0 Å². The van der Waals surface area contributed by atoms with E-state index in [4.69, 9.17) is 5.73 Å². The van der Waals surface area contributed by atoms with E-state index in [9.17, 15) is 4.79 Å². The summed E-state index contributed by atoms with van der Waals surface area (Å²) in [7, 11) is 0. The van der Waals surface area contributed by atoms with Crippen LogP contribution >= 0.6 is 0 Å². The average Bonchev–Trinajstić information content (AvgIpc) is 2.22. The summed E-state index contributed by atoms with van der Waals surface area (Å²) in [6.45, 7) is 9.06. The highest BCUT2D eigenvalue weighted by atomic mass is 16.2. The molecule has 0 spiro atoms. The number of rotatable bonds is 7. The van der Waals surface area contributed by atoms with E-state index >= 15 is 0 Å². The van der Waals surface area contributed by atoms with E-state index in [-0.39, 0.29) is 18.0 Å². The van der Waals surface area contributed by atoms with E-state index in [1.165, 1.54) is 12.8 Å². The zero-order chi connectivity index (χ0) is 11.8. The molecule has 3 nitrogen and oxygen atoms in total. The lowest BCUT2D eigenvalue weighted by Gasteiger charge is -2.29. The van der Waals surface area contributed by atoms with Gasteiger partial charge in [-0.1, -0.05) is 26.7 Å². The third-order valence-electron chi connectivity index (χ3n) is 2.67. The second kappa shape index (κ2) is 7.69. The fourth-order valence-electron chi connectivity index (χ4n) is 1.54. The minimum atomic E-state index is -0.325. The maximum Gasteiger partial charge on any atom is 0.239 e. The molecule has 0 aliphatic rings. The molecule has 0 aromatic rings. The van der Waals surface area contributed by atoms with Crippen molar-refractivity contribution < 1.29 is 4.79 Å². The summed E-state index contributed by atoms with van der Waals surface area (Å²) in [6, 6.07) is -0.0685. The fraction of sp³-hybridized carbons (Fsp3) is 0.917. The number of nitrogens with two attached hydrogens (primary N) is 1. The monoisotopic (exact) mass is 214 g/mol. The second-order valence-corrected chi connectivity index (χ2v) is 4.35. The number of carbonyl (C=O) groups is 1. The van der Waals surface area contributed by atoms with Crippen LogP contribution in [0.1, 0.15) is 53.4 Å². The van der Waals surface area contributed by atoms with Crippen LogP contribution in [0.15, 0.2) is 0 Å². The summed E-state index contributed by atoms with van der Waals surface area (Å²) in [5.41, 5.74) is 5.77. The van der Waals surface area contributed by atoms with E-state index in [0.29, 0.717) is 0 Å². The van der Waals surface area contributed by atoms with Gasteiger partial charge in [-0.25, -0.2) is 0 Å². The third-order valence-corrected chi connectivity index (χ3v) is 2.67. The maximum absolute atomic E-state index is 11.9. The van der Waals surface area contributed by atoms with E-state index < -0.39 is 0 Å². The van der Waals surface area contributed by atoms with Crippen LogP contribution in [-0.4, -0.2) is 29.4 Å². The van der Waals surface area contributed by atoms with Crippen molar-refractivity contribution in [2.24, 2.45) is 5.73 Å². The van der Waals surface area contributed by atoms with Crippen LogP contribution in [0.3, 0.4) is 0 Å². The van der Waals surface area contributed by atoms with E-state index in [1.807, 2.05) is 25.7 Å². The highest BCUT2D eigenvalue weighted by Gasteiger charge is 2.21. The molecule has 15 heavy (non-hydrogen) atoms. The highest BCUT2D eigenvalue weighted by Crippen LogP contribution is 2.06. The van der Waals surface area contributed by atoms with Crippen molar-refractivity contribution in [3.8, 4) is 0 Å². The Morgan fingerprint density at radius 2 is 1.87 bits per heavy atom. The van der Waals surface area contributed by atoms with Crippen LogP contribution in [0.5, 0.6) is 0 Å². The standard InChI is InChI=1S/C12H26N2O/c1-5-7-8-9-14(10(3)4)12(15)11(13)6-2/h10-11H,5-9,13H2,1-4H3. The van der Waals surface area contributed by atoms with Gasteiger partial charge in [0.05, 0.1) is 6.04 Å². The summed E-state index contributed by atoms with van der Waals surface area (Å²) < 4.78 is 0. The highest BCUT2D eigenvalue weighted by molar-refractivity contribution is 5.81. The van der Waals surface area contributed by atoms with Crippen LogP contribution in [0.25, 0.3) is 0 Å². The molecular weight excluding hydrogens is 188 g/mol. The molecule has 0 aliphatic carbocycles. The summed E-state index contributed by atoms with van der Waals surface area (Å²) in [5, 5.41) is 0. The summed E-state index contributed by atoms with van der Waals surface area (Å²) in [4.78, 5) is 13.8. The Morgan fingerprint density at radius 1 is 1.27 bits per heavy atom. The van der Waals surface area contributed by atoms with Crippen LogP contribution in [-0.2, 0) is 4.79 Å². The SMILES string of the molecule is CCCCCN(C(=O)C(N)CC)C(C)C. The van der Waals surface area contributed by atoms with Crippen molar-refractivity contribution in [2.75, 3.05) is 6.54 Å². The molecule has 0 saturated heterocycles. The number of hydrogen-bond donors (Lipinski definition) is 1. The van der Waals surface area contributed by atoms with Gasteiger partial charge in [0.15, 0.2) is 0 Å². The Kier molecular flexibility index (Phi) is 7.39. The van der Waals surface area contributed by atoms with Crippen molar-refractivity contribution in [2.45, 2.75) is 65.5 Å². The van der Waals surface area contributed by atoms with Crippen LogP contribution in [0.2, 0.25) is 0 Å².